The second-order valence-corrected chi connectivity index (χ2v) is 6.52. The number of methoxy groups -OCH3 is 1. The lowest BCUT2D eigenvalue weighted by molar-refractivity contribution is -0.118. The highest BCUT2D eigenvalue weighted by Gasteiger charge is 2.08. The van der Waals surface area contributed by atoms with E-state index in [2.05, 4.69) is 20.8 Å². The zero-order valence-corrected chi connectivity index (χ0v) is 14.1. The predicted octanol–water partition coefficient (Wildman–Crippen LogP) is 2.04. The summed E-state index contributed by atoms with van der Waals surface area (Å²) in [6.45, 7) is 0.581. The van der Waals surface area contributed by atoms with Gasteiger partial charge >= 0.3 is 0 Å². The van der Waals surface area contributed by atoms with Crippen molar-refractivity contribution in [3.63, 3.8) is 0 Å². The highest BCUT2D eigenvalue weighted by Crippen LogP contribution is 2.24. The van der Waals surface area contributed by atoms with Gasteiger partial charge in [-0.25, -0.2) is 0 Å². The molecule has 118 valence electrons. The topological polar surface area (TPSA) is 76.1 Å². The number of ether oxygens (including phenoxy) is 1. The van der Waals surface area contributed by atoms with Crippen molar-refractivity contribution in [2.24, 2.45) is 0 Å². The summed E-state index contributed by atoms with van der Waals surface area (Å²) in [5.41, 5.74) is 1.08. The standard InChI is InChI=1S/C14H18N4O2S2/c1-15-13-17-18-14(22-13)21-9-12(19)16-8-7-10-5-3-4-6-11(10)20-2/h3-6H,7-9H2,1-2H3,(H,15,17)(H,16,19). The van der Waals surface area contributed by atoms with E-state index in [0.29, 0.717) is 12.3 Å². The fourth-order valence-electron chi connectivity index (χ4n) is 1.79. The van der Waals surface area contributed by atoms with Crippen LogP contribution in [0.25, 0.3) is 0 Å². The quantitative estimate of drug-likeness (QED) is 0.718. The van der Waals surface area contributed by atoms with Gasteiger partial charge in [0.05, 0.1) is 12.9 Å². The van der Waals surface area contributed by atoms with Gasteiger partial charge in [-0.15, -0.1) is 10.2 Å². The fraction of sp³-hybridized carbons (Fsp3) is 0.357. The number of hydrogen-bond acceptors (Lipinski definition) is 7. The Hall–Kier alpha value is -1.80. The molecule has 0 aliphatic heterocycles. The molecule has 0 bridgehead atoms. The molecule has 0 aliphatic carbocycles. The molecule has 0 aliphatic rings. The van der Waals surface area contributed by atoms with Crippen LogP contribution in [0.4, 0.5) is 5.13 Å². The van der Waals surface area contributed by atoms with Gasteiger partial charge in [0.25, 0.3) is 0 Å². The summed E-state index contributed by atoms with van der Waals surface area (Å²) >= 11 is 2.82. The highest BCUT2D eigenvalue weighted by molar-refractivity contribution is 8.01. The molecule has 1 aromatic carbocycles. The molecule has 0 spiro atoms. The number of hydrogen-bond donors (Lipinski definition) is 2. The summed E-state index contributed by atoms with van der Waals surface area (Å²) in [6, 6.07) is 7.81. The van der Waals surface area contributed by atoms with Crippen molar-refractivity contribution in [2.45, 2.75) is 10.8 Å². The summed E-state index contributed by atoms with van der Waals surface area (Å²) in [7, 11) is 3.44. The highest BCUT2D eigenvalue weighted by atomic mass is 32.2. The maximum absolute atomic E-state index is 11.8. The summed E-state index contributed by atoms with van der Waals surface area (Å²) in [4.78, 5) is 11.8. The number of anilines is 1. The van der Waals surface area contributed by atoms with Gasteiger partial charge < -0.3 is 15.4 Å². The van der Waals surface area contributed by atoms with Gasteiger partial charge in [0.2, 0.25) is 11.0 Å². The number of aromatic nitrogens is 2. The maximum Gasteiger partial charge on any atom is 0.230 e. The summed E-state index contributed by atoms with van der Waals surface area (Å²) in [5, 5.41) is 14.5. The molecule has 0 radical (unpaired) electrons. The Morgan fingerprint density at radius 1 is 1.36 bits per heavy atom. The molecule has 22 heavy (non-hydrogen) atoms. The number of para-hydroxylation sites is 1. The average molecular weight is 338 g/mol. The van der Waals surface area contributed by atoms with E-state index in [0.717, 1.165) is 27.2 Å². The third-order valence-corrected chi connectivity index (χ3v) is 4.93. The molecule has 8 heteroatoms. The molecule has 2 N–H and O–H groups in total. The van der Waals surface area contributed by atoms with Crippen molar-refractivity contribution in [3.05, 3.63) is 29.8 Å². The lowest BCUT2D eigenvalue weighted by Crippen LogP contribution is -2.27. The zero-order chi connectivity index (χ0) is 15.8. The maximum atomic E-state index is 11.8. The van der Waals surface area contributed by atoms with Gasteiger partial charge in [-0.2, -0.15) is 0 Å². The lowest BCUT2D eigenvalue weighted by Gasteiger charge is -2.08. The number of thioether (sulfide) groups is 1. The normalized spacial score (nSPS) is 10.3. The van der Waals surface area contributed by atoms with Gasteiger partial charge in [-0.1, -0.05) is 41.3 Å². The zero-order valence-electron chi connectivity index (χ0n) is 12.5. The van der Waals surface area contributed by atoms with E-state index in [-0.39, 0.29) is 5.91 Å². The SMILES string of the molecule is CNc1nnc(SCC(=O)NCCc2ccccc2OC)s1. The van der Waals surface area contributed by atoms with Gasteiger partial charge in [0, 0.05) is 13.6 Å². The molecule has 0 fully saturated rings. The minimum Gasteiger partial charge on any atom is -0.496 e. The van der Waals surface area contributed by atoms with Gasteiger partial charge in [-0.05, 0) is 18.1 Å². The van der Waals surface area contributed by atoms with Crippen LogP contribution in [0.1, 0.15) is 5.56 Å². The Bertz CT molecular complexity index is 618. The van der Waals surface area contributed by atoms with Crippen LogP contribution in [-0.2, 0) is 11.2 Å². The van der Waals surface area contributed by atoms with Gasteiger partial charge in [0.15, 0.2) is 4.34 Å². The summed E-state index contributed by atoms with van der Waals surface area (Å²) in [5.74, 6) is 1.17. The lowest BCUT2D eigenvalue weighted by atomic mass is 10.1. The first-order valence-electron chi connectivity index (χ1n) is 6.75. The fourth-order valence-corrected chi connectivity index (χ4v) is 3.33. The van der Waals surface area contributed by atoms with Crippen LogP contribution < -0.4 is 15.4 Å². The number of nitrogens with one attached hydrogen (secondary N) is 2. The Kier molecular flexibility index (Phi) is 6.47. The third kappa shape index (κ3) is 4.88. The molecule has 0 atom stereocenters. The summed E-state index contributed by atoms with van der Waals surface area (Å²) < 4.78 is 6.07. The van der Waals surface area contributed by atoms with Crippen molar-refractivity contribution in [3.8, 4) is 5.75 Å². The number of rotatable bonds is 8. The van der Waals surface area contributed by atoms with Crippen LogP contribution in [0.15, 0.2) is 28.6 Å². The first kappa shape index (κ1) is 16.6. The van der Waals surface area contributed by atoms with E-state index in [1.54, 1.807) is 14.2 Å². The van der Waals surface area contributed by atoms with Crippen molar-refractivity contribution in [1.82, 2.24) is 15.5 Å². The largest absolute Gasteiger partial charge is 0.496 e. The number of carbonyl (C=O) groups is 1. The van der Waals surface area contributed by atoms with E-state index in [1.165, 1.54) is 23.1 Å². The molecule has 0 saturated heterocycles. The molecular weight excluding hydrogens is 320 g/mol. The number of nitrogens with zero attached hydrogens (tertiary/aromatic N) is 2. The molecule has 1 heterocycles. The Morgan fingerprint density at radius 2 is 2.18 bits per heavy atom. The first-order valence-corrected chi connectivity index (χ1v) is 8.55. The molecular formula is C14H18N4O2S2. The molecule has 2 rings (SSSR count). The van der Waals surface area contributed by atoms with Crippen LogP contribution in [0, 0.1) is 0 Å². The van der Waals surface area contributed by atoms with E-state index >= 15 is 0 Å². The number of amides is 1. The second-order valence-electron chi connectivity index (χ2n) is 4.32. The third-order valence-electron chi connectivity index (χ3n) is 2.86. The van der Waals surface area contributed by atoms with E-state index in [9.17, 15) is 4.79 Å². The van der Waals surface area contributed by atoms with Crippen LogP contribution in [-0.4, -0.2) is 42.6 Å². The van der Waals surface area contributed by atoms with Crippen LogP contribution >= 0.6 is 23.1 Å². The van der Waals surface area contributed by atoms with Crippen LogP contribution in [0.3, 0.4) is 0 Å². The van der Waals surface area contributed by atoms with Crippen molar-refractivity contribution < 1.29 is 9.53 Å². The number of benzene rings is 1. The van der Waals surface area contributed by atoms with Crippen molar-refractivity contribution in [2.75, 3.05) is 31.8 Å². The van der Waals surface area contributed by atoms with Crippen LogP contribution in [0.2, 0.25) is 0 Å². The molecule has 0 unspecified atom stereocenters. The predicted molar refractivity (Wildman–Crippen MR) is 89.9 cm³/mol. The van der Waals surface area contributed by atoms with Crippen molar-refractivity contribution >= 4 is 34.1 Å². The Labute approximate surface area is 137 Å². The van der Waals surface area contributed by atoms with E-state index < -0.39 is 0 Å². The van der Waals surface area contributed by atoms with Crippen molar-refractivity contribution in [1.29, 1.82) is 0 Å². The average Bonchev–Trinajstić information content (AvgIpc) is 3.01. The smallest absolute Gasteiger partial charge is 0.230 e. The Morgan fingerprint density at radius 3 is 2.91 bits per heavy atom. The Balaban J connectivity index is 1.71. The van der Waals surface area contributed by atoms with E-state index in [4.69, 9.17) is 4.74 Å². The van der Waals surface area contributed by atoms with Crippen LogP contribution in [0.5, 0.6) is 5.75 Å². The first-order chi connectivity index (χ1) is 10.7. The minimum absolute atomic E-state index is 0.0129. The van der Waals surface area contributed by atoms with E-state index in [1.807, 2.05) is 24.3 Å². The monoisotopic (exact) mass is 338 g/mol. The number of carbonyl (C=O) groups excluding carboxylic acids is 1. The van der Waals surface area contributed by atoms with Gasteiger partial charge in [-0.3, -0.25) is 4.79 Å². The molecule has 0 saturated carbocycles. The summed E-state index contributed by atoms with van der Waals surface area (Å²) in [6.07, 6.45) is 0.739. The molecule has 2 aromatic rings. The molecule has 1 aromatic heterocycles. The molecule has 6 nitrogen and oxygen atoms in total. The minimum atomic E-state index is -0.0129. The van der Waals surface area contributed by atoms with Gasteiger partial charge in [0.1, 0.15) is 5.75 Å². The molecule has 1 amide bonds. The second kappa shape index (κ2) is 8.60.